The van der Waals surface area contributed by atoms with Gasteiger partial charge in [-0.1, -0.05) is 18.6 Å². The fourth-order valence-corrected chi connectivity index (χ4v) is 4.85. The van der Waals surface area contributed by atoms with Crippen molar-refractivity contribution in [3.63, 3.8) is 0 Å². The molecule has 1 fully saturated rings. The van der Waals surface area contributed by atoms with Crippen LogP contribution in [0.4, 0.5) is 11.4 Å². The number of rotatable bonds is 7. The van der Waals surface area contributed by atoms with E-state index in [0.29, 0.717) is 23.7 Å². The van der Waals surface area contributed by atoms with Gasteiger partial charge in [0.05, 0.1) is 20.3 Å². The van der Waals surface area contributed by atoms with E-state index in [9.17, 15) is 9.59 Å². The molecule has 2 aromatic carbocycles. The number of likely N-dealkylation sites (N-methyl/N-ethyl adjacent to an activating group) is 1. The molecule has 2 N–H and O–H groups in total. The van der Waals surface area contributed by atoms with Gasteiger partial charge in [0.2, 0.25) is 0 Å². The Kier molecular flexibility index (Phi) is 7.57. The number of ether oxygens (including phenoxy) is 2. The van der Waals surface area contributed by atoms with Crippen molar-refractivity contribution in [2.45, 2.75) is 31.7 Å². The molecule has 8 heteroatoms. The summed E-state index contributed by atoms with van der Waals surface area (Å²) in [5, 5.41) is 5.51. The van der Waals surface area contributed by atoms with Crippen molar-refractivity contribution in [1.29, 1.82) is 0 Å². The highest BCUT2D eigenvalue weighted by Crippen LogP contribution is 2.32. The van der Waals surface area contributed by atoms with E-state index in [1.807, 2.05) is 0 Å². The van der Waals surface area contributed by atoms with Crippen LogP contribution in [0.25, 0.3) is 0 Å². The molecule has 0 radical (unpaired) electrons. The molecule has 0 unspecified atom stereocenters. The van der Waals surface area contributed by atoms with Crippen LogP contribution < -0.4 is 25.0 Å². The fourth-order valence-electron chi connectivity index (χ4n) is 4.85. The van der Waals surface area contributed by atoms with Crippen LogP contribution in [0.15, 0.2) is 36.4 Å². The minimum Gasteiger partial charge on any atom is -0.493 e. The molecular weight excluding hydrogens is 432 g/mol. The average molecular weight is 467 g/mol. The summed E-state index contributed by atoms with van der Waals surface area (Å²) >= 11 is 0. The third kappa shape index (κ3) is 5.28. The number of hydrogen-bond acceptors (Lipinski definition) is 6. The van der Waals surface area contributed by atoms with Gasteiger partial charge < -0.3 is 25.0 Å². The summed E-state index contributed by atoms with van der Waals surface area (Å²) in [7, 11) is 5.18. The molecule has 1 saturated heterocycles. The number of nitrogens with zero attached hydrogens (tertiary/aromatic N) is 2. The second-order valence-electron chi connectivity index (χ2n) is 8.91. The summed E-state index contributed by atoms with van der Waals surface area (Å²) in [6.45, 7) is 3.40. The van der Waals surface area contributed by atoms with E-state index in [2.05, 4.69) is 45.7 Å². The molecule has 8 nitrogen and oxygen atoms in total. The minimum absolute atomic E-state index is 0.0364. The molecule has 0 aromatic heterocycles. The Hall–Kier alpha value is -3.26. The number of hydrogen-bond donors (Lipinski definition) is 2. The lowest BCUT2D eigenvalue weighted by atomic mass is 9.98. The summed E-state index contributed by atoms with van der Waals surface area (Å²) < 4.78 is 10.5. The van der Waals surface area contributed by atoms with E-state index in [1.54, 1.807) is 25.3 Å². The molecule has 2 aliphatic rings. The Morgan fingerprint density at radius 3 is 2.44 bits per heavy atom. The topological polar surface area (TPSA) is 83.1 Å². The number of carbonyl (C=O) groups excluding carboxylic acids is 2. The lowest BCUT2D eigenvalue weighted by Crippen LogP contribution is -2.43. The highest BCUT2D eigenvalue weighted by molar-refractivity contribution is 6.39. The molecule has 4 rings (SSSR count). The van der Waals surface area contributed by atoms with Crippen LogP contribution >= 0.6 is 0 Å². The number of benzene rings is 2. The van der Waals surface area contributed by atoms with E-state index in [4.69, 9.17) is 9.47 Å². The number of anilines is 2. The van der Waals surface area contributed by atoms with E-state index < -0.39 is 11.8 Å². The highest BCUT2D eigenvalue weighted by atomic mass is 16.5. The van der Waals surface area contributed by atoms with Crippen molar-refractivity contribution in [3.8, 4) is 11.5 Å². The monoisotopic (exact) mass is 466 g/mol. The molecule has 2 amide bonds. The number of amides is 2. The Balaban J connectivity index is 1.43. The molecule has 2 aliphatic heterocycles. The number of fused-ring (bicyclic) bond motifs is 1. The van der Waals surface area contributed by atoms with Crippen molar-refractivity contribution in [2.75, 3.05) is 57.7 Å². The summed E-state index contributed by atoms with van der Waals surface area (Å²) in [5.41, 5.74) is 4.28. The first kappa shape index (κ1) is 23.9. The van der Waals surface area contributed by atoms with Crippen LogP contribution in [0.5, 0.6) is 11.5 Å². The van der Waals surface area contributed by atoms with Crippen molar-refractivity contribution in [3.05, 3.63) is 47.5 Å². The zero-order valence-corrected chi connectivity index (χ0v) is 20.2. The average Bonchev–Trinajstić information content (AvgIpc) is 3.24. The second kappa shape index (κ2) is 10.8. The van der Waals surface area contributed by atoms with Crippen LogP contribution in [-0.4, -0.2) is 64.2 Å². The number of carbonyl (C=O) groups is 2. The van der Waals surface area contributed by atoms with Crippen molar-refractivity contribution in [2.24, 2.45) is 0 Å². The Morgan fingerprint density at radius 2 is 1.71 bits per heavy atom. The molecule has 34 heavy (non-hydrogen) atoms. The Morgan fingerprint density at radius 1 is 0.941 bits per heavy atom. The number of methoxy groups -OCH3 is 2. The van der Waals surface area contributed by atoms with Gasteiger partial charge in [-0.3, -0.25) is 14.5 Å². The molecule has 0 saturated carbocycles. The van der Waals surface area contributed by atoms with E-state index in [0.717, 1.165) is 38.9 Å². The number of piperidine rings is 1. The standard InChI is InChI=1S/C26H34N4O4/c1-29-14-11-19-15-18(7-9-21(19)29)22(30-12-5-4-6-13-30)17-27-25(31)26(32)28-20-8-10-23(33-2)24(16-20)34-3/h7-10,15-16,22H,4-6,11-14,17H2,1-3H3,(H,27,31)(H,28,32)/t22-/m0/s1. The van der Waals surface area contributed by atoms with Gasteiger partial charge in [-0.25, -0.2) is 0 Å². The van der Waals surface area contributed by atoms with Crippen molar-refractivity contribution < 1.29 is 19.1 Å². The summed E-state index contributed by atoms with van der Waals surface area (Å²) in [5.74, 6) is -0.333. The number of likely N-dealkylation sites (tertiary alicyclic amines) is 1. The van der Waals surface area contributed by atoms with Gasteiger partial charge in [-0.15, -0.1) is 0 Å². The van der Waals surface area contributed by atoms with Gasteiger partial charge in [0.25, 0.3) is 0 Å². The molecular formula is C26H34N4O4. The summed E-state index contributed by atoms with van der Waals surface area (Å²) in [4.78, 5) is 29.9. The van der Waals surface area contributed by atoms with E-state index in [1.165, 1.54) is 30.3 Å². The first-order valence-electron chi connectivity index (χ1n) is 11.9. The third-order valence-electron chi connectivity index (χ3n) is 6.75. The van der Waals surface area contributed by atoms with E-state index >= 15 is 0 Å². The normalized spacial score (nSPS) is 16.5. The molecule has 0 bridgehead atoms. The molecule has 0 aliphatic carbocycles. The highest BCUT2D eigenvalue weighted by Gasteiger charge is 2.26. The zero-order valence-electron chi connectivity index (χ0n) is 20.2. The fraction of sp³-hybridized carbons (Fsp3) is 0.462. The SMILES string of the molecule is COc1ccc(NC(=O)C(=O)NC[C@@H](c2ccc3c(c2)CCN3C)N2CCCCC2)cc1OC. The predicted octanol–water partition coefficient (Wildman–Crippen LogP) is 2.98. The number of nitrogens with one attached hydrogen (secondary N) is 2. The van der Waals surface area contributed by atoms with Crippen LogP contribution in [-0.2, 0) is 16.0 Å². The quantitative estimate of drug-likeness (QED) is 0.611. The maximum absolute atomic E-state index is 12.7. The van der Waals surface area contributed by atoms with Gasteiger partial charge in [0.15, 0.2) is 11.5 Å². The van der Waals surface area contributed by atoms with E-state index in [-0.39, 0.29) is 6.04 Å². The van der Waals surface area contributed by atoms with Gasteiger partial charge in [0.1, 0.15) is 0 Å². The summed E-state index contributed by atoms with van der Waals surface area (Å²) in [6, 6.07) is 11.6. The maximum atomic E-state index is 12.7. The van der Waals surface area contributed by atoms with Crippen molar-refractivity contribution >= 4 is 23.2 Å². The Labute approximate surface area is 201 Å². The van der Waals surface area contributed by atoms with Gasteiger partial charge in [-0.2, -0.15) is 0 Å². The molecule has 2 heterocycles. The first-order valence-corrected chi connectivity index (χ1v) is 11.9. The van der Waals surface area contributed by atoms with Crippen LogP contribution in [0.2, 0.25) is 0 Å². The molecule has 1 atom stereocenters. The summed E-state index contributed by atoms with van der Waals surface area (Å²) in [6.07, 6.45) is 4.57. The van der Waals surface area contributed by atoms with Gasteiger partial charge in [0, 0.05) is 37.6 Å². The Bertz CT molecular complexity index is 1040. The second-order valence-corrected chi connectivity index (χ2v) is 8.91. The largest absolute Gasteiger partial charge is 0.493 e. The lowest BCUT2D eigenvalue weighted by Gasteiger charge is -2.35. The smallest absolute Gasteiger partial charge is 0.313 e. The van der Waals surface area contributed by atoms with Crippen LogP contribution in [0, 0.1) is 0 Å². The zero-order chi connectivity index (χ0) is 24.1. The van der Waals surface area contributed by atoms with Crippen molar-refractivity contribution in [1.82, 2.24) is 10.2 Å². The first-order chi connectivity index (χ1) is 16.5. The maximum Gasteiger partial charge on any atom is 0.313 e. The lowest BCUT2D eigenvalue weighted by molar-refractivity contribution is -0.136. The molecule has 0 spiro atoms. The van der Waals surface area contributed by atoms with Crippen LogP contribution in [0.1, 0.15) is 36.4 Å². The third-order valence-corrected chi connectivity index (χ3v) is 6.75. The van der Waals surface area contributed by atoms with Gasteiger partial charge >= 0.3 is 11.8 Å². The predicted molar refractivity (Wildman–Crippen MR) is 133 cm³/mol. The van der Waals surface area contributed by atoms with Crippen LogP contribution in [0.3, 0.4) is 0 Å². The molecule has 182 valence electrons. The van der Waals surface area contributed by atoms with Gasteiger partial charge in [-0.05, 0) is 61.7 Å². The minimum atomic E-state index is -0.708. The molecule has 2 aromatic rings.